The van der Waals surface area contributed by atoms with E-state index in [0.717, 1.165) is 4.90 Å². The lowest BCUT2D eigenvalue weighted by atomic mass is 10.2. The number of aromatic amines is 1. The molecule has 0 saturated carbocycles. The molecule has 18 heavy (non-hydrogen) atoms. The third-order valence-electron chi connectivity index (χ3n) is 2.79. The second-order valence-corrected chi connectivity index (χ2v) is 4.09. The fraction of sp³-hybridized carbons (Fsp3) is 0.500. The normalized spacial score (nSPS) is 23.1. The summed E-state index contributed by atoms with van der Waals surface area (Å²) in [7, 11) is 0. The number of hydrogen-bond acceptors (Lipinski definition) is 4. The molecule has 1 aromatic rings. The Bertz CT molecular complexity index is 433. The van der Waals surface area contributed by atoms with Crippen LogP contribution in [0.3, 0.4) is 0 Å². The minimum absolute atomic E-state index is 0.0287. The van der Waals surface area contributed by atoms with Crippen molar-refractivity contribution in [2.45, 2.75) is 25.1 Å². The van der Waals surface area contributed by atoms with Crippen LogP contribution in [0.2, 0.25) is 0 Å². The first-order valence-corrected chi connectivity index (χ1v) is 5.51. The van der Waals surface area contributed by atoms with Crippen LogP contribution in [0.25, 0.3) is 0 Å². The van der Waals surface area contributed by atoms with E-state index >= 15 is 0 Å². The molecule has 2 atom stereocenters. The van der Waals surface area contributed by atoms with E-state index in [1.807, 2.05) is 0 Å². The van der Waals surface area contributed by atoms with Crippen LogP contribution < -0.4 is 5.32 Å². The predicted octanol–water partition coefficient (Wildman–Crippen LogP) is -0.861. The van der Waals surface area contributed by atoms with Crippen molar-refractivity contribution in [2.75, 3.05) is 6.54 Å². The number of rotatable bonds is 3. The second kappa shape index (κ2) is 5.05. The number of carbonyl (C=O) groups excluding carboxylic acids is 1. The molecule has 1 aromatic heterocycles. The summed E-state index contributed by atoms with van der Waals surface area (Å²) in [6.45, 7) is 0.214. The number of likely N-dealkylation sites (tertiary alicyclic amines) is 1. The van der Waals surface area contributed by atoms with Gasteiger partial charge in [-0.05, 0) is 0 Å². The van der Waals surface area contributed by atoms with Gasteiger partial charge in [0.05, 0.1) is 12.6 Å². The number of aliphatic carboxylic acids is 1. The topological polar surface area (TPSA) is 119 Å². The van der Waals surface area contributed by atoms with Crippen LogP contribution in [0, 0.1) is 0 Å². The number of urea groups is 1. The minimum atomic E-state index is -1.11. The van der Waals surface area contributed by atoms with Crippen molar-refractivity contribution in [1.82, 2.24) is 20.2 Å². The summed E-state index contributed by atoms with van der Waals surface area (Å²) in [6.07, 6.45) is 2.45. The summed E-state index contributed by atoms with van der Waals surface area (Å²) < 4.78 is 0. The van der Waals surface area contributed by atoms with Crippen LogP contribution in [0.4, 0.5) is 4.79 Å². The highest BCUT2D eigenvalue weighted by Gasteiger charge is 2.38. The van der Waals surface area contributed by atoms with Gasteiger partial charge in [0.1, 0.15) is 11.9 Å². The molecule has 2 amide bonds. The number of nitrogens with one attached hydrogen (secondary N) is 2. The van der Waals surface area contributed by atoms with Gasteiger partial charge in [-0.1, -0.05) is 0 Å². The SMILES string of the molecule is O=C(O)[C@@H]1CC(O)CN1C(=O)NCc1ncc[nH]1. The Balaban J connectivity index is 1.93. The van der Waals surface area contributed by atoms with E-state index in [0.29, 0.717) is 5.82 Å². The van der Waals surface area contributed by atoms with Crippen molar-refractivity contribution >= 4 is 12.0 Å². The van der Waals surface area contributed by atoms with Gasteiger partial charge in [0.2, 0.25) is 0 Å². The van der Waals surface area contributed by atoms with E-state index in [4.69, 9.17) is 5.11 Å². The maximum Gasteiger partial charge on any atom is 0.326 e. The summed E-state index contributed by atoms with van der Waals surface area (Å²) in [5, 5.41) is 20.9. The zero-order chi connectivity index (χ0) is 13.1. The zero-order valence-electron chi connectivity index (χ0n) is 9.54. The number of nitrogens with zero attached hydrogens (tertiary/aromatic N) is 2. The Hall–Kier alpha value is -2.09. The van der Waals surface area contributed by atoms with Crippen LogP contribution >= 0.6 is 0 Å². The molecule has 0 spiro atoms. The molecule has 8 heteroatoms. The molecule has 0 aliphatic carbocycles. The molecule has 1 unspecified atom stereocenters. The van der Waals surface area contributed by atoms with E-state index in [2.05, 4.69) is 15.3 Å². The largest absolute Gasteiger partial charge is 0.480 e. The Morgan fingerprint density at radius 1 is 1.61 bits per heavy atom. The van der Waals surface area contributed by atoms with Crippen molar-refractivity contribution < 1.29 is 19.8 Å². The van der Waals surface area contributed by atoms with Crippen molar-refractivity contribution in [2.24, 2.45) is 0 Å². The van der Waals surface area contributed by atoms with E-state index < -0.39 is 24.1 Å². The zero-order valence-corrected chi connectivity index (χ0v) is 9.54. The summed E-state index contributed by atoms with van der Waals surface area (Å²) in [5.41, 5.74) is 0. The van der Waals surface area contributed by atoms with Gasteiger partial charge in [0.15, 0.2) is 0 Å². The van der Waals surface area contributed by atoms with E-state index in [1.54, 1.807) is 12.4 Å². The van der Waals surface area contributed by atoms with E-state index in [1.165, 1.54) is 0 Å². The van der Waals surface area contributed by atoms with Gasteiger partial charge in [-0.3, -0.25) is 0 Å². The highest BCUT2D eigenvalue weighted by atomic mass is 16.4. The Morgan fingerprint density at radius 2 is 2.39 bits per heavy atom. The smallest absolute Gasteiger partial charge is 0.326 e. The van der Waals surface area contributed by atoms with Gasteiger partial charge in [0.25, 0.3) is 0 Å². The molecule has 8 nitrogen and oxygen atoms in total. The second-order valence-electron chi connectivity index (χ2n) is 4.09. The first-order chi connectivity index (χ1) is 8.58. The molecule has 1 aliphatic heterocycles. The highest BCUT2D eigenvalue weighted by molar-refractivity contribution is 5.83. The highest BCUT2D eigenvalue weighted by Crippen LogP contribution is 2.18. The molecule has 0 radical (unpaired) electrons. The number of β-amino-alcohol motifs (C(OH)–C–C–N with tert-alkyl or cyclic N) is 1. The van der Waals surface area contributed by atoms with Gasteiger partial charge < -0.3 is 25.4 Å². The van der Waals surface area contributed by atoms with Gasteiger partial charge in [-0.15, -0.1) is 0 Å². The van der Waals surface area contributed by atoms with E-state index in [9.17, 15) is 14.7 Å². The van der Waals surface area contributed by atoms with Crippen molar-refractivity contribution in [3.8, 4) is 0 Å². The maximum atomic E-state index is 11.8. The molecule has 4 N–H and O–H groups in total. The van der Waals surface area contributed by atoms with E-state index in [-0.39, 0.29) is 19.5 Å². The number of amides is 2. The Labute approximate surface area is 103 Å². The average molecular weight is 254 g/mol. The van der Waals surface area contributed by atoms with Crippen molar-refractivity contribution in [1.29, 1.82) is 0 Å². The Morgan fingerprint density at radius 3 is 3.00 bits per heavy atom. The monoisotopic (exact) mass is 254 g/mol. The number of carboxylic acid groups (broad SMARTS) is 1. The number of aliphatic hydroxyl groups is 1. The molecule has 1 saturated heterocycles. The van der Waals surface area contributed by atoms with Crippen molar-refractivity contribution in [3.05, 3.63) is 18.2 Å². The van der Waals surface area contributed by atoms with Crippen LogP contribution in [0.1, 0.15) is 12.2 Å². The van der Waals surface area contributed by atoms with Gasteiger partial charge in [-0.25, -0.2) is 14.6 Å². The summed E-state index contributed by atoms with van der Waals surface area (Å²) >= 11 is 0. The predicted molar refractivity (Wildman–Crippen MR) is 59.6 cm³/mol. The van der Waals surface area contributed by atoms with Crippen LogP contribution in [0.5, 0.6) is 0 Å². The molecular weight excluding hydrogens is 240 g/mol. The summed E-state index contributed by atoms with van der Waals surface area (Å²) in [5.74, 6) is -0.533. The van der Waals surface area contributed by atoms with Crippen molar-refractivity contribution in [3.63, 3.8) is 0 Å². The van der Waals surface area contributed by atoms with Crippen LogP contribution in [0.15, 0.2) is 12.4 Å². The number of aromatic nitrogens is 2. The minimum Gasteiger partial charge on any atom is -0.480 e. The molecule has 0 bridgehead atoms. The molecule has 2 rings (SSSR count). The van der Waals surface area contributed by atoms with Crippen LogP contribution in [-0.4, -0.2) is 55.8 Å². The van der Waals surface area contributed by atoms with Crippen LogP contribution in [-0.2, 0) is 11.3 Å². The Kier molecular flexibility index (Phi) is 3.47. The molecule has 1 fully saturated rings. The molecular formula is C10H14N4O4. The number of aliphatic hydroxyl groups excluding tert-OH is 1. The maximum absolute atomic E-state index is 11.8. The molecule has 1 aliphatic rings. The lowest BCUT2D eigenvalue weighted by Crippen LogP contribution is -2.46. The first-order valence-electron chi connectivity index (χ1n) is 5.51. The number of hydrogen-bond donors (Lipinski definition) is 4. The summed E-state index contributed by atoms with van der Waals surface area (Å²) in [4.78, 5) is 30.6. The standard InChI is InChI=1S/C10H14N4O4/c15-6-3-7(9(16)17)14(5-6)10(18)13-4-8-11-1-2-12-8/h1-2,6-7,15H,3-5H2,(H,11,12)(H,13,18)(H,16,17)/t6?,7-/m0/s1. The first kappa shape index (κ1) is 12.4. The molecule has 98 valence electrons. The average Bonchev–Trinajstić information content (AvgIpc) is 2.94. The third kappa shape index (κ3) is 2.59. The van der Waals surface area contributed by atoms with Gasteiger partial charge >= 0.3 is 12.0 Å². The fourth-order valence-electron chi connectivity index (χ4n) is 1.93. The number of H-pyrrole nitrogens is 1. The van der Waals surface area contributed by atoms with Gasteiger partial charge in [-0.2, -0.15) is 0 Å². The number of imidazole rings is 1. The lowest BCUT2D eigenvalue weighted by Gasteiger charge is -2.21. The lowest BCUT2D eigenvalue weighted by molar-refractivity contribution is -0.141. The number of carbonyl (C=O) groups is 2. The quantitative estimate of drug-likeness (QED) is 0.559. The third-order valence-corrected chi connectivity index (χ3v) is 2.79. The molecule has 2 heterocycles. The fourth-order valence-corrected chi connectivity index (χ4v) is 1.93. The number of carboxylic acids is 1. The molecule has 0 aromatic carbocycles. The van der Waals surface area contributed by atoms with Gasteiger partial charge in [0, 0.05) is 25.4 Å². The summed E-state index contributed by atoms with van der Waals surface area (Å²) in [6, 6.07) is -1.49.